The summed E-state index contributed by atoms with van der Waals surface area (Å²) < 4.78 is 15.4. The van der Waals surface area contributed by atoms with E-state index in [0.29, 0.717) is 34.7 Å². The monoisotopic (exact) mass is 482 g/mol. The van der Waals surface area contributed by atoms with E-state index in [1.807, 2.05) is 36.7 Å². The van der Waals surface area contributed by atoms with Crippen molar-refractivity contribution in [3.05, 3.63) is 47.4 Å². The first-order valence-corrected chi connectivity index (χ1v) is 11.9. The molecule has 178 valence electrons. The van der Waals surface area contributed by atoms with Crippen LogP contribution < -0.4 is 4.74 Å². The van der Waals surface area contributed by atoms with Gasteiger partial charge >= 0.3 is 0 Å². The van der Waals surface area contributed by atoms with Crippen molar-refractivity contribution < 1.29 is 14.6 Å². The minimum Gasteiger partial charge on any atom is -0.491 e. The lowest BCUT2D eigenvalue weighted by Gasteiger charge is -2.23. The fraction of sp³-hybridized carbons (Fsp3) is 0.417. The van der Waals surface area contributed by atoms with Gasteiger partial charge in [0.1, 0.15) is 17.1 Å². The van der Waals surface area contributed by atoms with Crippen LogP contribution in [0, 0.1) is 0 Å². The molecule has 9 nitrogen and oxygen atoms in total. The van der Waals surface area contributed by atoms with Crippen LogP contribution in [-0.2, 0) is 4.74 Å². The predicted molar refractivity (Wildman–Crippen MR) is 128 cm³/mol. The Kier molecular flexibility index (Phi) is 6.24. The fourth-order valence-electron chi connectivity index (χ4n) is 4.12. The van der Waals surface area contributed by atoms with Crippen LogP contribution in [0.5, 0.6) is 5.75 Å². The van der Waals surface area contributed by atoms with Gasteiger partial charge in [-0.3, -0.25) is 0 Å². The zero-order valence-electron chi connectivity index (χ0n) is 19.3. The molecule has 3 aromatic heterocycles. The molecule has 0 aliphatic carbocycles. The first kappa shape index (κ1) is 22.8. The van der Waals surface area contributed by atoms with Crippen LogP contribution in [0.3, 0.4) is 0 Å². The average Bonchev–Trinajstić information content (AvgIpc) is 3.40. The second kappa shape index (κ2) is 9.32. The number of aliphatic hydroxyl groups is 1. The summed E-state index contributed by atoms with van der Waals surface area (Å²) in [5.41, 5.74) is 1.96. The normalized spacial score (nSPS) is 17.4. The minimum atomic E-state index is -0.787. The van der Waals surface area contributed by atoms with E-state index in [2.05, 4.69) is 10.1 Å². The van der Waals surface area contributed by atoms with Gasteiger partial charge in [0.25, 0.3) is 0 Å². The van der Waals surface area contributed by atoms with Crippen LogP contribution in [0.1, 0.15) is 58.1 Å². The van der Waals surface area contributed by atoms with Gasteiger partial charge in [-0.15, -0.1) is 0 Å². The lowest BCUT2D eigenvalue weighted by molar-refractivity contribution is -0.0365. The lowest BCUT2D eigenvalue weighted by Crippen LogP contribution is -2.19. The molecule has 10 heteroatoms. The number of fused-ring (bicyclic) bond motifs is 1. The van der Waals surface area contributed by atoms with Crippen LogP contribution in [-0.4, -0.2) is 47.3 Å². The summed E-state index contributed by atoms with van der Waals surface area (Å²) in [5.74, 6) is 1.72. The van der Waals surface area contributed by atoms with Crippen molar-refractivity contribution in [2.75, 3.05) is 6.61 Å². The maximum Gasteiger partial charge on any atom is 0.182 e. The van der Waals surface area contributed by atoms with E-state index in [1.54, 1.807) is 25.4 Å². The number of hydrogen-bond donors (Lipinski definition) is 1. The maximum atomic E-state index is 9.90. The van der Waals surface area contributed by atoms with E-state index in [-0.39, 0.29) is 12.3 Å². The third-order valence-electron chi connectivity index (χ3n) is 5.66. The second-order valence-electron chi connectivity index (χ2n) is 8.68. The Morgan fingerprint density at radius 1 is 1.18 bits per heavy atom. The molecule has 4 aromatic rings. The van der Waals surface area contributed by atoms with Crippen molar-refractivity contribution in [3.8, 4) is 23.1 Å². The molecule has 1 saturated heterocycles. The highest BCUT2D eigenvalue weighted by Gasteiger charge is 2.24. The summed E-state index contributed by atoms with van der Waals surface area (Å²) >= 11 is 6.24. The Bertz CT molecular complexity index is 1310. The molecule has 1 aromatic carbocycles. The molecule has 4 heterocycles. The minimum absolute atomic E-state index is 0.0462. The van der Waals surface area contributed by atoms with E-state index in [0.717, 1.165) is 35.9 Å². The zero-order valence-corrected chi connectivity index (χ0v) is 20.1. The van der Waals surface area contributed by atoms with E-state index in [9.17, 15) is 5.11 Å². The van der Waals surface area contributed by atoms with Gasteiger partial charge in [0.2, 0.25) is 0 Å². The standard InChI is InChI=1S/C24H27ClN6O3/c1-14(2)34-16-7-8-19-17(12-16)23(29-31(19)21-6-4-5-11-33-21)24-26-10-9-20(27-24)30-13-18(25)22(28-30)15(3)32/h7-10,12-15,21,32H,4-6,11H2,1-3H3. The number of benzene rings is 1. The van der Waals surface area contributed by atoms with E-state index >= 15 is 0 Å². The topological polar surface area (TPSA) is 100 Å². The number of aliphatic hydroxyl groups excluding tert-OH is 1. The third kappa shape index (κ3) is 4.38. The van der Waals surface area contributed by atoms with Crippen LogP contribution >= 0.6 is 11.6 Å². The van der Waals surface area contributed by atoms with Gasteiger partial charge in [-0.05, 0) is 58.2 Å². The van der Waals surface area contributed by atoms with E-state index in [1.165, 1.54) is 4.68 Å². The lowest BCUT2D eigenvalue weighted by atomic mass is 10.1. The molecule has 34 heavy (non-hydrogen) atoms. The quantitative estimate of drug-likeness (QED) is 0.418. The third-order valence-corrected chi connectivity index (χ3v) is 5.95. The van der Waals surface area contributed by atoms with Crippen molar-refractivity contribution >= 4 is 22.5 Å². The van der Waals surface area contributed by atoms with Gasteiger partial charge in [-0.1, -0.05) is 11.6 Å². The van der Waals surface area contributed by atoms with Crippen LogP contribution in [0.2, 0.25) is 5.02 Å². The highest BCUT2D eigenvalue weighted by molar-refractivity contribution is 6.31. The Labute approximate surface area is 202 Å². The largest absolute Gasteiger partial charge is 0.491 e. The summed E-state index contributed by atoms with van der Waals surface area (Å²) in [7, 11) is 0. The number of nitrogens with zero attached hydrogens (tertiary/aromatic N) is 6. The molecule has 1 fully saturated rings. The van der Waals surface area contributed by atoms with Crippen molar-refractivity contribution in [2.45, 2.75) is 58.5 Å². The summed E-state index contributed by atoms with van der Waals surface area (Å²) in [5, 5.41) is 20.4. The molecule has 2 unspecified atom stereocenters. The molecule has 1 aliphatic rings. The highest BCUT2D eigenvalue weighted by Crippen LogP contribution is 2.34. The first-order valence-electron chi connectivity index (χ1n) is 11.5. The zero-order chi connectivity index (χ0) is 23.8. The van der Waals surface area contributed by atoms with Gasteiger partial charge in [-0.2, -0.15) is 10.2 Å². The SMILES string of the molecule is CC(C)Oc1ccc2c(c1)c(-c1nccc(-n3cc(Cl)c(C(C)O)n3)n1)nn2C1CCCCO1. The van der Waals surface area contributed by atoms with Gasteiger partial charge in [-0.25, -0.2) is 19.3 Å². The van der Waals surface area contributed by atoms with Gasteiger partial charge < -0.3 is 14.6 Å². The molecule has 1 aliphatic heterocycles. The molecule has 5 rings (SSSR count). The Hall–Kier alpha value is -3.01. The van der Waals surface area contributed by atoms with E-state index < -0.39 is 6.10 Å². The molecule has 0 spiro atoms. The Balaban J connectivity index is 1.62. The summed E-state index contributed by atoms with van der Waals surface area (Å²) in [6.45, 7) is 6.32. The molecule has 0 radical (unpaired) electrons. The van der Waals surface area contributed by atoms with E-state index in [4.69, 9.17) is 31.2 Å². The molecule has 0 saturated carbocycles. The van der Waals surface area contributed by atoms with Crippen LogP contribution in [0.15, 0.2) is 36.7 Å². The van der Waals surface area contributed by atoms with Crippen molar-refractivity contribution in [1.82, 2.24) is 29.5 Å². The average molecular weight is 483 g/mol. The van der Waals surface area contributed by atoms with Gasteiger partial charge in [0.15, 0.2) is 17.9 Å². The van der Waals surface area contributed by atoms with Crippen LogP contribution in [0.25, 0.3) is 28.2 Å². The van der Waals surface area contributed by atoms with Gasteiger partial charge in [0, 0.05) is 24.3 Å². The smallest absolute Gasteiger partial charge is 0.182 e. The molecule has 0 amide bonds. The summed E-state index contributed by atoms with van der Waals surface area (Å²) in [6.07, 6.45) is 5.45. The Morgan fingerprint density at radius 3 is 2.74 bits per heavy atom. The maximum absolute atomic E-state index is 9.90. The molecular formula is C24H27ClN6O3. The first-order chi connectivity index (χ1) is 16.4. The van der Waals surface area contributed by atoms with Crippen LogP contribution in [0.4, 0.5) is 0 Å². The molecule has 2 atom stereocenters. The molecular weight excluding hydrogens is 456 g/mol. The van der Waals surface area contributed by atoms with Crippen molar-refractivity contribution in [3.63, 3.8) is 0 Å². The Morgan fingerprint density at radius 2 is 2.03 bits per heavy atom. The predicted octanol–water partition coefficient (Wildman–Crippen LogP) is 4.87. The summed E-state index contributed by atoms with van der Waals surface area (Å²) in [4.78, 5) is 9.22. The second-order valence-corrected chi connectivity index (χ2v) is 9.09. The van der Waals surface area contributed by atoms with Gasteiger partial charge in [0.05, 0.1) is 28.9 Å². The van der Waals surface area contributed by atoms with Crippen molar-refractivity contribution in [1.29, 1.82) is 0 Å². The number of rotatable bonds is 6. The number of hydrogen-bond acceptors (Lipinski definition) is 7. The number of ether oxygens (including phenoxy) is 2. The highest BCUT2D eigenvalue weighted by atomic mass is 35.5. The number of aromatic nitrogens is 6. The van der Waals surface area contributed by atoms with Crippen molar-refractivity contribution in [2.24, 2.45) is 0 Å². The molecule has 0 bridgehead atoms. The molecule has 1 N–H and O–H groups in total. The summed E-state index contributed by atoms with van der Waals surface area (Å²) in [6, 6.07) is 7.67. The fourth-order valence-corrected chi connectivity index (χ4v) is 4.41. The number of halogens is 1.